The van der Waals surface area contributed by atoms with Crippen LogP contribution in [0.1, 0.15) is 64.3 Å². The van der Waals surface area contributed by atoms with E-state index in [1.54, 1.807) is 20.8 Å². The molecule has 0 spiro atoms. The van der Waals surface area contributed by atoms with Gasteiger partial charge in [0.25, 0.3) is 11.8 Å². The second-order valence-corrected chi connectivity index (χ2v) is 11.4. The number of pyridine rings is 1. The molecule has 2 aromatic rings. The van der Waals surface area contributed by atoms with E-state index in [2.05, 4.69) is 20.5 Å². The number of ether oxygens (including phenoxy) is 1. The molecule has 2 aromatic heterocycles. The van der Waals surface area contributed by atoms with E-state index in [-0.39, 0.29) is 47.0 Å². The second kappa shape index (κ2) is 9.37. The van der Waals surface area contributed by atoms with Crippen molar-refractivity contribution in [3.05, 3.63) is 17.5 Å². The number of alkyl halides is 3. The minimum atomic E-state index is -5.11. The van der Waals surface area contributed by atoms with E-state index in [0.717, 1.165) is 0 Å². The number of aliphatic hydroxyl groups is 1. The third-order valence-electron chi connectivity index (χ3n) is 5.25. The number of sulfone groups is 1. The lowest BCUT2D eigenvalue weighted by atomic mass is 9.95. The van der Waals surface area contributed by atoms with Gasteiger partial charge in [-0.1, -0.05) is 12.8 Å². The zero-order valence-electron chi connectivity index (χ0n) is 19.7. The second-order valence-electron chi connectivity index (χ2n) is 9.39. The van der Waals surface area contributed by atoms with Crippen molar-refractivity contribution in [1.29, 1.82) is 0 Å². The van der Waals surface area contributed by atoms with Gasteiger partial charge in [0.15, 0.2) is 20.6 Å². The number of nitrogens with zero attached hydrogens (tertiary/aromatic N) is 3. The van der Waals surface area contributed by atoms with Gasteiger partial charge in [0.05, 0.1) is 11.4 Å². The standard InChI is InChI=1S/C21H27F3N4O6S/c1-12-11-13(25-18(29)34-19(2,3)4)14-15-27-28-17(33-15)20(30,21(22,23)24)9-7-5-6-8-10-35(31,32)16(12)26-14/h11,30H,5-10H2,1-4H3,(H,25,29). The maximum absolute atomic E-state index is 13.8. The van der Waals surface area contributed by atoms with Crippen molar-refractivity contribution in [2.75, 3.05) is 11.1 Å². The molecule has 0 saturated heterocycles. The number of carbonyl (C=O) groups excluding carboxylic acids is 1. The van der Waals surface area contributed by atoms with Gasteiger partial charge in [-0.15, -0.1) is 10.2 Å². The maximum Gasteiger partial charge on any atom is 0.426 e. The first-order valence-corrected chi connectivity index (χ1v) is 12.6. The molecule has 14 heteroatoms. The quantitative estimate of drug-likeness (QED) is 0.563. The van der Waals surface area contributed by atoms with Crippen LogP contribution in [0, 0.1) is 6.92 Å². The molecule has 4 bridgehead atoms. The van der Waals surface area contributed by atoms with Crippen molar-refractivity contribution in [3.63, 3.8) is 0 Å². The Morgan fingerprint density at radius 3 is 2.46 bits per heavy atom. The highest BCUT2D eigenvalue weighted by Gasteiger charge is 2.58. The van der Waals surface area contributed by atoms with Gasteiger partial charge in [0, 0.05) is 0 Å². The molecule has 0 fully saturated rings. The maximum atomic E-state index is 13.8. The van der Waals surface area contributed by atoms with Crippen molar-refractivity contribution in [2.24, 2.45) is 0 Å². The normalized spacial score (nSPS) is 21.1. The fourth-order valence-electron chi connectivity index (χ4n) is 3.56. The average Bonchev–Trinajstić information content (AvgIpc) is 3.17. The molecule has 1 aliphatic rings. The van der Waals surface area contributed by atoms with E-state index in [0.29, 0.717) is 6.42 Å². The molecule has 1 atom stereocenters. The predicted molar refractivity (Wildman–Crippen MR) is 117 cm³/mol. The molecule has 0 saturated carbocycles. The monoisotopic (exact) mass is 520 g/mol. The number of carbonyl (C=O) groups is 1. The summed E-state index contributed by atoms with van der Waals surface area (Å²) >= 11 is 0. The first-order chi connectivity index (χ1) is 16.0. The Hall–Kier alpha value is -2.74. The van der Waals surface area contributed by atoms with Crippen LogP contribution in [-0.4, -0.2) is 52.3 Å². The molecule has 0 radical (unpaired) electrons. The van der Waals surface area contributed by atoms with Gasteiger partial charge in [0.1, 0.15) is 5.60 Å². The Bertz CT molecular complexity index is 1210. The van der Waals surface area contributed by atoms with Gasteiger partial charge in [-0.3, -0.25) is 5.32 Å². The summed E-state index contributed by atoms with van der Waals surface area (Å²) in [6, 6.07) is 1.28. The molecular weight excluding hydrogens is 493 g/mol. The fourth-order valence-corrected chi connectivity index (χ4v) is 5.12. The van der Waals surface area contributed by atoms with Crippen LogP contribution < -0.4 is 5.32 Å². The first kappa shape index (κ1) is 26.9. The highest BCUT2D eigenvalue weighted by atomic mass is 32.2. The molecule has 35 heavy (non-hydrogen) atoms. The zero-order valence-corrected chi connectivity index (χ0v) is 20.5. The van der Waals surface area contributed by atoms with E-state index < -0.39 is 51.5 Å². The molecule has 10 nitrogen and oxygen atoms in total. The van der Waals surface area contributed by atoms with E-state index in [9.17, 15) is 31.5 Å². The highest BCUT2D eigenvalue weighted by Crippen LogP contribution is 2.43. The Kier molecular flexibility index (Phi) is 7.19. The van der Waals surface area contributed by atoms with Gasteiger partial charge in [0.2, 0.25) is 5.60 Å². The van der Waals surface area contributed by atoms with Crippen LogP contribution in [0.5, 0.6) is 0 Å². The number of amides is 1. The summed E-state index contributed by atoms with van der Waals surface area (Å²) in [5.74, 6) is -1.99. The molecular formula is C21H27F3N4O6S. The number of anilines is 1. The summed E-state index contributed by atoms with van der Waals surface area (Å²) in [5, 5.41) is 19.5. The molecule has 1 amide bonds. The van der Waals surface area contributed by atoms with Crippen molar-refractivity contribution in [3.8, 4) is 11.6 Å². The number of nitrogens with one attached hydrogen (secondary N) is 1. The minimum Gasteiger partial charge on any atom is -0.444 e. The van der Waals surface area contributed by atoms with Gasteiger partial charge >= 0.3 is 12.3 Å². The predicted octanol–water partition coefficient (Wildman–Crippen LogP) is 4.27. The first-order valence-electron chi connectivity index (χ1n) is 10.9. The molecule has 3 heterocycles. The number of hydrogen-bond donors (Lipinski definition) is 2. The fraction of sp³-hybridized carbons (Fsp3) is 0.619. The minimum absolute atomic E-state index is 0.0538. The summed E-state index contributed by atoms with van der Waals surface area (Å²) in [5.41, 5.74) is -4.57. The lowest BCUT2D eigenvalue weighted by Crippen LogP contribution is -2.42. The number of fused-ring (bicyclic) bond motifs is 5. The van der Waals surface area contributed by atoms with Crippen molar-refractivity contribution < 1.29 is 40.6 Å². The van der Waals surface area contributed by atoms with Gasteiger partial charge in [-0.05, 0) is 58.6 Å². The smallest absolute Gasteiger partial charge is 0.426 e. The van der Waals surface area contributed by atoms with Gasteiger partial charge < -0.3 is 14.3 Å². The number of aromatic nitrogens is 3. The number of aryl methyl sites for hydroxylation is 1. The average molecular weight is 521 g/mol. The van der Waals surface area contributed by atoms with E-state index >= 15 is 0 Å². The molecule has 1 aliphatic heterocycles. The molecule has 3 rings (SSSR count). The Balaban J connectivity index is 2.20. The van der Waals surface area contributed by atoms with Crippen LogP contribution >= 0.6 is 0 Å². The van der Waals surface area contributed by atoms with Crippen LogP contribution in [0.15, 0.2) is 15.5 Å². The molecule has 1 unspecified atom stereocenters. The Morgan fingerprint density at radius 2 is 1.83 bits per heavy atom. The van der Waals surface area contributed by atoms with Gasteiger partial charge in [-0.25, -0.2) is 18.2 Å². The summed E-state index contributed by atoms with van der Waals surface area (Å²) in [6.07, 6.45) is -6.06. The molecule has 2 N–H and O–H groups in total. The molecule has 0 aromatic carbocycles. The van der Waals surface area contributed by atoms with Crippen molar-refractivity contribution in [1.82, 2.24) is 15.2 Å². The number of hydrogen-bond acceptors (Lipinski definition) is 9. The van der Waals surface area contributed by atoms with Crippen molar-refractivity contribution in [2.45, 2.75) is 82.2 Å². The SMILES string of the molecule is Cc1cc(NC(=O)OC(C)(C)C)c2nc1S(=O)(=O)CCCCCCC(O)(C(F)(F)F)c1nnc-2o1. The van der Waals surface area contributed by atoms with Gasteiger partial charge in [-0.2, -0.15) is 13.2 Å². The van der Waals surface area contributed by atoms with Crippen LogP contribution in [0.4, 0.5) is 23.7 Å². The summed E-state index contributed by atoms with van der Waals surface area (Å²) < 4.78 is 77.7. The van der Waals surface area contributed by atoms with Crippen LogP contribution in [-0.2, 0) is 20.2 Å². The number of rotatable bonds is 1. The van der Waals surface area contributed by atoms with E-state index in [4.69, 9.17) is 9.15 Å². The largest absolute Gasteiger partial charge is 0.444 e. The van der Waals surface area contributed by atoms with E-state index in [1.807, 2.05) is 0 Å². The van der Waals surface area contributed by atoms with E-state index in [1.165, 1.54) is 13.0 Å². The van der Waals surface area contributed by atoms with Crippen LogP contribution in [0.2, 0.25) is 0 Å². The zero-order chi connectivity index (χ0) is 26.2. The lowest BCUT2D eigenvalue weighted by molar-refractivity contribution is -0.277. The lowest BCUT2D eigenvalue weighted by Gasteiger charge is -2.27. The summed E-state index contributed by atoms with van der Waals surface area (Å²) in [4.78, 5) is 16.5. The summed E-state index contributed by atoms with van der Waals surface area (Å²) in [7, 11) is -3.87. The van der Waals surface area contributed by atoms with Crippen molar-refractivity contribution >= 4 is 21.6 Å². The number of halogens is 3. The van der Waals surface area contributed by atoms with Crippen LogP contribution in [0.25, 0.3) is 11.6 Å². The molecule has 194 valence electrons. The molecule has 0 aliphatic carbocycles. The third-order valence-corrected chi connectivity index (χ3v) is 7.08. The Morgan fingerprint density at radius 1 is 1.17 bits per heavy atom. The summed E-state index contributed by atoms with van der Waals surface area (Å²) in [6.45, 7) is 6.34. The Labute approximate surface area is 200 Å². The van der Waals surface area contributed by atoms with Crippen LogP contribution in [0.3, 0.4) is 0 Å². The highest BCUT2D eigenvalue weighted by molar-refractivity contribution is 7.91. The topological polar surface area (TPSA) is 145 Å². The third kappa shape index (κ3) is 5.92.